The molecule has 1 fully saturated rings. The van der Waals surface area contributed by atoms with E-state index < -0.39 is 18.1 Å². The number of hydrogen-bond acceptors (Lipinski definition) is 5. The summed E-state index contributed by atoms with van der Waals surface area (Å²) in [4.78, 5) is 39.6. The molecule has 2 aromatic rings. The number of piperidine rings is 1. The fraction of sp³-hybridized carbons (Fsp3) is 0.348. The quantitative estimate of drug-likeness (QED) is 0.695. The fourth-order valence-corrected chi connectivity index (χ4v) is 4.07. The number of rotatable bonds is 4. The number of fused-ring (bicyclic) bond motifs is 2. The summed E-state index contributed by atoms with van der Waals surface area (Å²) in [6.07, 6.45) is -0.306. The fourth-order valence-electron chi connectivity index (χ4n) is 4.07. The molecule has 1 saturated heterocycles. The summed E-state index contributed by atoms with van der Waals surface area (Å²) in [5, 5.41) is 15.0. The van der Waals surface area contributed by atoms with Crippen LogP contribution in [0.1, 0.15) is 30.1 Å². The number of carbonyl (C=O) groups excluding carboxylic acids is 3. The molecule has 2 aromatic carbocycles. The van der Waals surface area contributed by atoms with E-state index in [1.807, 2.05) is 30.3 Å². The van der Waals surface area contributed by atoms with Gasteiger partial charge in [0.1, 0.15) is 17.9 Å². The van der Waals surface area contributed by atoms with Crippen LogP contribution in [0, 0.1) is 0 Å². The molecule has 0 saturated carbocycles. The molecule has 0 spiro atoms. The molecule has 2 aliphatic rings. The van der Waals surface area contributed by atoms with Crippen molar-refractivity contribution in [2.24, 2.45) is 0 Å². The smallest absolute Gasteiger partial charge is 0.256 e. The van der Waals surface area contributed by atoms with E-state index in [9.17, 15) is 19.5 Å². The number of nitrogens with one attached hydrogen (secondary N) is 2. The number of carbonyl (C=O) groups is 3. The lowest BCUT2D eigenvalue weighted by atomic mass is 9.95. The number of aliphatic hydroxyl groups is 1. The molecular formula is C23H25N3O5. The maximum atomic E-state index is 13.3. The van der Waals surface area contributed by atoms with Crippen LogP contribution in [0.3, 0.4) is 0 Å². The third-order valence-corrected chi connectivity index (χ3v) is 5.82. The van der Waals surface area contributed by atoms with Crippen LogP contribution in [-0.4, -0.2) is 59.6 Å². The third-order valence-electron chi connectivity index (χ3n) is 5.82. The Bertz CT molecular complexity index is 1020. The molecule has 8 heteroatoms. The van der Waals surface area contributed by atoms with Gasteiger partial charge in [0.2, 0.25) is 11.8 Å². The van der Waals surface area contributed by atoms with E-state index in [-0.39, 0.29) is 17.9 Å². The highest BCUT2D eigenvalue weighted by Gasteiger charge is 2.40. The molecular weight excluding hydrogens is 398 g/mol. The van der Waals surface area contributed by atoms with Crippen LogP contribution in [0.4, 0.5) is 5.69 Å². The van der Waals surface area contributed by atoms with E-state index in [1.165, 1.54) is 6.92 Å². The molecule has 3 N–H and O–H groups in total. The minimum absolute atomic E-state index is 0.214. The number of hydrogen-bond donors (Lipinski definition) is 3. The highest BCUT2D eigenvalue weighted by molar-refractivity contribution is 6.10. The maximum Gasteiger partial charge on any atom is 0.256 e. The standard InChI is InChI=1S/C23H25N3O5/c1-13(27)21(28)24-16-9-10-26-20(12-16)22(29)25-19-8-5-15(11-18(19)23(26)30)14-3-6-17(31-2)7-4-14/h3-8,11,13,16,20,27H,9-10,12H2,1-2H3,(H,24,28)(H,25,29)/t13-,16+,20-/m0/s1. The molecule has 2 aliphatic heterocycles. The highest BCUT2D eigenvalue weighted by Crippen LogP contribution is 2.32. The van der Waals surface area contributed by atoms with E-state index in [1.54, 1.807) is 24.1 Å². The molecule has 4 rings (SSSR count). The van der Waals surface area contributed by atoms with Gasteiger partial charge in [0.25, 0.3) is 5.91 Å². The Balaban J connectivity index is 1.59. The molecule has 0 bridgehead atoms. The Hall–Kier alpha value is -3.39. The summed E-state index contributed by atoms with van der Waals surface area (Å²) in [6, 6.07) is 12.0. The van der Waals surface area contributed by atoms with Crippen LogP contribution in [0.2, 0.25) is 0 Å². The molecule has 0 unspecified atom stereocenters. The molecule has 0 aromatic heterocycles. The van der Waals surface area contributed by atoms with Crippen LogP contribution in [0.5, 0.6) is 5.75 Å². The average Bonchev–Trinajstić information content (AvgIpc) is 2.88. The van der Waals surface area contributed by atoms with Crippen molar-refractivity contribution in [1.82, 2.24) is 10.2 Å². The van der Waals surface area contributed by atoms with Crippen molar-refractivity contribution < 1.29 is 24.2 Å². The maximum absolute atomic E-state index is 13.3. The van der Waals surface area contributed by atoms with Crippen molar-refractivity contribution in [3.63, 3.8) is 0 Å². The lowest BCUT2D eigenvalue weighted by Gasteiger charge is -2.37. The molecule has 0 aliphatic carbocycles. The Kier molecular flexibility index (Phi) is 5.65. The largest absolute Gasteiger partial charge is 0.497 e. The van der Waals surface area contributed by atoms with Crippen LogP contribution in [0.25, 0.3) is 11.1 Å². The summed E-state index contributed by atoms with van der Waals surface area (Å²) in [5.41, 5.74) is 2.71. The van der Waals surface area contributed by atoms with Crippen LogP contribution in [-0.2, 0) is 9.59 Å². The number of amides is 3. The molecule has 162 valence electrons. The van der Waals surface area contributed by atoms with Gasteiger partial charge in [-0.15, -0.1) is 0 Å². The van der Waals surface area contributed by atoms with Gasteiger partial charge in [0.05, 0.1) is 18.4 Å². The number of aliphatic hydroxyl groups excluding tert-OH is 1. The number of methoxy groups -OCH3 is 1. The van der Waals surface area contributed by atoms with E-state index >= 15 is 0 Å². The SMILES string of the molecule is COc1ccc(-c2ccc3c(c2)C(=O)N2CC[C@@H](NC(=O)[C@H](C)O)C[C@H]2C(=O)N3)cc1. The van der Waals surface area contributed by atoms with Crippen molar-refractivity contribution >= 4 is 23.4 Å². The van der Waals surface area contributed by atoms with Crippen molar-refractivity contribution in [3.05, 3.63) is 48.0 Å². The second-order valence-corrected chi connectivity index (χ2v) is 7.90. The van der Waals surface area contributed by atoms with E-state index in [0.29, 0.717) is 30.6 Å². The first-order valence-corrected chi connectivity index (χ1v) is 10.3. The number of anilines is 1. The lowest BCUT2D eigenvalue weighted by molar-refractivity contribution is -0.130. The summed E-state index contributed by atoms with van der Waals surface area (Å²) in [6.45, 7) is 1.73. The number of nitrogens with zero attached hydrogens (tertiary/aromatic N) is 1. The van der Waals surface area contributed by atoms with Gasteiger partial charge < -0.3 is 25.4 Å². The Morgan fingerprint density at radius 3 is 2.58 bits per heavy atom. The molecule has 8 nitrogen and oxygen atoms in total. The van der Waals surface area contributed by atoms with Crippen LogP contribution >= 0.6 is 0 Å². The zero-order valence-corrected chi connectivity index (χ0v) is 17.4. The predicted molar refractivity (Wildman–Crippen MR) is 115 cm³/mol. The number of ether oxygens (including phenoxy) is 1. The highest BCUT2D eigenvalue weighted by atomic mass is 16.5. The van der Waals surface area contributed by atoms with E-state index in [0.717, 1.165) is 16.9 Å². The van der Waals surface area contributed by atoms with Crippen LogP contribution in [0.15, 0.2) is 42.5 Å². The Morgan fingerprint density at radius 2 is 1.90 bits per heavy atom. The van der Waals surface area contributed by atoms with Gasteiger partial charge in [-0.3, -0.25) is 14.4 Å². The topological polar surface area (TPSA) is 108 Å². The second-order valence-electron chi connectivity index (χ2n) is 7.90. The summed E-state index contributed by atoms with van der Waals surface area (Å²) in [5.74, 6) is -0.226. The molecule has 3 amide bonds. The van der Waals surface area contributed by atoms with Crippen LogP contribution < -0.4 is 15.4 Å². The molecule has 31 heavy (non-hydrogen) atoms. The summed E-state index contributed by atoms with van der Waals surface area (Å²) in [7, 11) is 1.61. The molecule has 3 atom stereocenters. The third kappa shape index (κ3) is 4.11. The average molecular weight is 423 g/mol. The van der Waals surface area contributed by atoms with Crippen molar-refractivity contribution in [1.29, 1.82) is 0 Å². The molecule has 0 radical (unpaired) electrons. The van der Waals surface area contributed by atoms with Crippen molar-refractivity contribution in [2.75, 3.05) is 19.0 Å². The van der Waals surface area contributed by atoms with E-state index in [2.05, 4.69) is 10.6 Å². The van der Waals surface area contributed by atoms with Crippen molar-refractivity contribution in [3.8, 4) is 16.9 Å². The second kappa shape index (κ2) is 8.39. The van der Waals surface area contributed by atoms with Gasteiger partial charge in [-0.2, -0.15) is 0 Å². The van der Waals surface area contributed by atoms with Gasteiger partial charge in [0, 0.05) is 12.6 Å². The van der Waals surface area contributed by atoms with E-state index in [4.69, 9.17) is 4.74 Å². The number of benzene rings is 2. The zero-order chi connectivity index (χ0) is 22.1. The Labute approximate surface area is 180 Å². The Morgan fingerprint density at radius 1 is 1.19 bits per heavy atom. The minimum atomic E-state index is -1.12. The monoisotopic (exact) mass is 423 g/mol. The normalized spacial score (nSPS) is 21.3. The minimum Gasteiger partial charge on any atom is -0.497 e. The zero-order valence-electron chi connectivity index (χ0n) is 17.4. The van der Waals surface area contributed by atoms with Gasteiger partial charge >= 0.3 is 0 Å². The summed E-state index contributed by atoms with van der Waals surface area (Å²) < 4.78 is 5.20. The van der Waals surface area contributed by atoms with Crippen molar-refractivity contribution in [2.45, 2.75) is 38.0 Å². The molecule has 2 heterocycles. The first-order valence-electron chi connectivity index (χ1n) is 10.3. The van der Waals surface area contributed by atoms with Gasteiger partial charge in [-0.05, 0) is 55.2 Å². The van der Waals surface area contributed by atoms with Gasteiger partial charge in [-0.25, -0.2) is 0 Å². The lowest BCUT2D eigenvalue weighted by Crippen LogP contribution is -2.55. The first-order chi connectivity index (χ1) is 14.9. The van der Waals surface area contributed by atoms with Gasteiger partial charge in [0.15, 0.2) is 0 Å². The predicted octanol–water partition coefficient (Wildman–Crippen LogP) is 1.78. The first kappa shape index (κ1) is 20.9. The summed E-state index contributed by atoms with van der Waals surface area (Å²) >= 11 is 0. The van der Waals surface area contributed by atoms with Gasteiger partial charge in [-0.1, -0.05) is 18.2 Å².